The van der Waals surface area contributed by atoms with E-state index >= 15 is 0 Å². The minimum atomic E-state index is 0.101. The molecule has 0 aliphatic heterocycles. The van der Waals surface area contributed by atoms with Crippen LogP contribution in [0.15, 0.2) is 91.0 Å². The fourth-order valence-electron chi connectivity index (χ4n) is 7.44. The Morgan fingerprint density at radius 2 is 0.922 bits per heavy atom. The Bertz CT molecular complexity index is 3600. The van der Waals surface area contributed by atoms with Gasteiger partial charge in [0, 0.05) is 46.4 Å². The van der Waals surface area contributed by atoms with Crippen molar-refractivity contribution in [1.82, 2.24) is 49.8 Å². The van der Waals surface area contributed by atoms with Gasteiger partial charge in [-0.05, 0) is 154 Å². The normalized spacial score (nSPS) is 12.9. The number of benzene rings is 2. The van der Waals surface area contributed by atoms with Crippen molar-refractivity contribution in [2.45, 2.75) is 32.1 Å². The zero-order chi connectivity index (χ0) is 55.2. The number of para-hydroxylation sites is 2. The molecule has 77 heavy (non-hydrogen) atoms. The Labute approximate surface area is 499 Å². The van der Waals surface area contributed by atoms with Crippen molar-refractivity contribution in [3.8, 4) is 29.8 Å². The Morgan fingerprint density at radius 3 is 1.44 bits per heavy atom. The standard InChI is InChI=1S/C15H12N4O.C9H6ClN3O.C8H6ClIN2O.C7H3Cl2IN2.C7H4Cl2N2.C6H7N/c1-20-14-12-8-7-10(9-16)13(12)18-15(19-14)17-11-5-3-2-4-6-11;1-14-8-6-3-2-5(4-11)7(6)12-9(10)13-8;1-13-7-4-2-3-5(10)6(4)11-8(9)12-7;8-6-3-1-2-4(10)5(3)11-7(9)12-6;8-6-4-2-1-3-5(4)10-7(9)11-6;7-6-4-2-1-3-5-6/h2-7H,8H2,1H3,(H,17,18,19);2H,3H2,1H3;3H,2H2,1H3;2H,1H2;1,3H,2H2;1-5H,7H2. The van der Waals surface area contributed by atoms with Gasteiger partial charge in [-0.15, -0.1) is 0 Å². The molecule has 5 aromatic heterocycles. The van der Waals surface area contributed by atoms with E-state index in [4.69, 9.17) is 100 Å². The van der Waals surface area contributed by atoms with E-state index in [0.29, 0.717) is 69.3 Å². The highest BCUT2D eigenvalue weighted by Gasteiger charge is 2.24. The molecule has 12 rings (SSSR count). The second-order valence-electron chi connectivity index (χ2n) is 15.7. The minimum absolute atomic E-state index is 0.101. The first-order chi connectivity index (χ1) is 37.1. The fourth-order valence-corrected chi connectivity index (χ4v) is 10.0. The lowest BCUT2D eigenvalue weighted by atomic mass is 10.2. The molecule has 0 unspecified atom stereocenters. The number of nitrogens with zero attached hydrogens (tertiary/aromatic N) is 12. The molecule has 0 amide bonds. The van der Waals surface area contributed by atoms with Gasteiger partial charge in [-0.3, -0.25) is 0 Å². The van der Waals surface area contributed by atoms with Crippen LogP contribution in [-0.2, 0) is 32.1 Å². The number of ether oxygens (including phenoxy) is 3. The number of hydrogen-bond donors (Lipinski definition) is 2. The van der Waals surface area contributed by atoms with E-state index in [0.717, 1.165) is 82.7 Å². The van der Waals surface area contributed by atoms with Crippen LogP contribution in [0.25, 0.3) is 24.4 Å². The number of allylic oxidation sites excluding steroid dienone is 7. The van der Waals surface area contributed by atoms with E-state index in [1.165, 1.54) is 7.11 Å². The number of anilines is 3. The van der Waals surface area contributed by atoms with Gasteiger partial charge < -0.3 is 25.3 Å². The van der Waals surface area contributed by atoms with Gasteiger partial charge in [0.15, 0.2) is 0 Å². The van der Waals surface area contributed by atoms with Gasteiger partial charge in [0.25, 0.3) is 0 Å². The number of methoxy groups -OCH3 is 3. The lowest BCUT2D eigenvalue weighted by Gasteiger charge is -2.10. The van der Waals surface area contributed by atoms with Gasteiger partial charge in [-0.2, -0.15) is 25.5 Å². The number of fused-ring (bicyclic) bond motifs is 5. The molecular formula is C52H38Cl6I2N14O3. The largest absolute Gasteiger partial charge is 0.481 e. The van der Waals surface area contributed by atoms with Gasteiger partial charge in [0.2, 0.25) is 44.7 Å². The van der Waals surface area contributed by atoms with Gasteiger partial charge in [-0.1, -0.05) is 90.0 Å². The molecule has 25 heteroatoms. The van der Waals surface area contributed by atoms with E-state index in [9.17, 15) is 0 Å². The third-order valence-corrected chi connectivity index (χ3v) is 14.1. The Kier molecular flexibility index (Phi) is 21.1. The van der Waals surface area contributed by atoms with Crippen LogP contribution >= 0.6 is 115 Å². The van der Waals surface area contributed by atoms with Crippen LogP contribution in [0.3, 0.4) is 0 Å². The fraction of sp³-hybridized carbons (Fsp3) is 0.154. The van der Waals surface area contributed by atoms with Crippen LogP contribution < -0.4 is 25.3 Å². The summed E-state index contributed by atoms with van der Waals surface area (Å²) in [6.07, 6.45) is 15.4. The van der Waals surface area contributed by atoms with Crippen molar-refractivity contribution in [3.05, 3.63) is 179 Å². The first kappa shape index (κ1) is 58.4. The van der Waals surface area contributed by atoms with Crippen molar-refractivity contribution >= 4 is 156 Å². The molecule has 0 saturated heterocycles. The lowest BCUT2D eigenvalue weighted by molar-refractivity contribution is 0.392. The van der Waals surface area contributed by atoms with Crippen molar-refractivity contribution in [2.75, 3.05) is 32.4 Å². The first-order valence-electron chi connectivity index (χ1n) is 22.5. The summed E-state index contributed by atoms with van der Waals surface area (Å²) < 4.78 is 17.7. The van der Waals surface area contributed by atoms with Crippen molar-refractivity contribution in [2.24, 2.45) is 0 Å². The summed E-state index contributed by atoms with van der Waals surface area (Å²) in [6.45, 7) is 0. The summed E-state index contributed by atoms with van der Waals surface area (Å²) in [7, 11) is 4.67. The number of rotatable bonds is 5. The summed E-state index contributed by atoms with van der Waals surface area (Å²) in [5.74, 6) is 1.96. The smallest absolute Gasteiger partial charge is 0.231 e. The molecule has 0 fully saturated rings. The lowest BCUT2D eigenvalue weighted by Crippen LogP contribution is -2.04. The predicted molar refractivity (Wildman–Crippen MR) is 319 cm³/mol. The van der Waals surface area contributed by atoms with Crippen LogP contribution in [0.1, 0.15) is 56.3 Å². The number of hydrogen-bond acceptors (Lipinski definition) is 17. The molecule has 5 aliphatic carbocycles. The average Bonchev–Trinajstić information content (AvgIpc) is 4.31. The van der Waals surface area contributed by atoms with Crippen LogP contribution in [0, 0.1) is 22.7 Å². The van der Waals surface area contributed by atoms with Crippen LogP contribution in [-0.4, -0.2) is 71.2 Å². The molecule has 0 radical (unpaired) electrons. The maximum absolute atomic E-state index is 9.12. The summed E-state index contributed by atoms with van der Waals surface area (Å²) in [5, 5.41) is 22.7. The van der Waals surface area contributed by atoms with Crippen LogP contribution in [0.5, 0.6) is 17.6 Å². The molecule has 17 nitrogen and oxygen atoms in total. The Morgan fingerprint density at radius 1 is 0.494 bits per heavy atom. The molecule has 390 valence electrons. The summed E-state index contributed by atoms with van der Waals surface area (Å²) >= 11 is 38.8. The van der Waals surface area contributed by atoms with Gasteiger partial charge in [0.05, 0.1) is 60.9 Å². The molecule has 0 bridgehead atoms. The molecule has 5 aliphatic rings. The van der Waals surface area contributed by atoms with E-state index in [1.807, 2.05) is 78.9 Å². The number of nitrogens with two attached hydrogens (primary N) is 1. The highest BCUT2D eigenvalue weighted by atomic mass is 127. The molecular weight excluding hydrogens is 1340 g/mol. The molecule has 2 aromatic carbocycles. The van der Waals surface area contributed by atoms with Crippen molar-refractivity contribution < 1.29 is 14.2 Å². The minimum Gasteiger partial charge on any atom is -0.481 e. The monoisotopic (exact) mass is 1370 g/mol. The number of nitriles is 2. The van der Waals surface area contributed by atoms with Crippen molar-refractivity contribution in [1.29, 1.82) is 10.5 Å². The zero-order valence-electron chi connectivity index (χ0n) is 40.5. The second kappa shape index (κ2) is 27.9. The maximum Gasteiger partial charge on any atom is 0.231 e. The Hall–Kier alpha value is -6.28. The Balaban J connectivity index is 0.000000137. The van der Waals surface area contributed by atoms with Crippen molar-refractivity contribution in [3.63, 3.8) is 0 Å². The summed E-state index contributed by atoms with van der Waals surface area (Å²) in [6, 6.07) is 23.3. The van der Waals surface area contributed by atoms with Gasteiger partial charge in [-0.25, -0.2) is 34.9 Å². The quantitative estimate of drug-likeness (QED) is 0.0704. The van der Waals surface area contributed by atoms with E-state index < -0.39 is 0 Å². The highest BCUT2D eigenvalue weighted by Crippen LogP contribution is 2.37. The molecule has 7 aromatic rings. The van der Waals surface area contributed by atoms with Crippen LogP contribution in [0.2, 0.25) is 31.4 Å². The average molecular weight is 1370 g/mol. The van der Waals surface area contributed by atoms with Crippen LogP contribution in [0.4, 0.5) is 17.3 Å². The van der Waals surface area contributed by atoms with E-state index in [-0.39, 0.29) is 21.1 Å². The van der Waals surface area contributed by atoms with E-state index in [1.54, 1.807) is 20.3 Å². The molecule has 0 atom stereocenters. The predicted octanol–water partition coefficient (Wildman–Crippen LogP) is 13.5. The van der Waals surface area contributed by atoms with E-state index in [2.05, 4.69) is 125 Å². The first-order valence-corrected chi connectivity index (χ1v) is 26.9. The SMILES string of the molecule is COc1nc(Cl)nc2c1CC=C2C#N.COc1nc(Cl)nc2c1CC=C2I.COc1nc(Nc2ccccc2)nc2c1CC=C2C#N.Clc1nc(Cl)c2c(n1)C(I)=CC2.Clc1nc(Cl)c2c(n1)C=CC2.Nc1ccccc1. The maximum atomic E-state index is 9.12. The van der Waals surface area contributed by atoms with Gasteiger partial charge >= 0.3 is 0 Å². The number of aromatic nitrogens is 10. The molecule has 3 N–H and O–H groups in total. The summed E-state index contributed by atoms with van der Waals surface area (Å²) in [4.78, 5) is 40.6. The molecule has 0 spiro atoms. The number of nitrogens with one attached hydrogen (secondary N) is 1. The second-order valence-corrected chi connectivity index (χ2v) is 20.1. The zero-order valence-corrected chi connectivity index (χ0v) is 49.3. The number of nitrogen functional groups attached to an aromatic ring is 1. The molecule has 0 saturated carbocycles. The third-order valence-electron chi connectivity index (χ3n) is 10.9. The number of halogens is 8. The highest BCUT2D eigenvalue weighted by molar-refractivity contribution is 14.1. The topological polar surface area (TPSA) is 242 Å². The van der Waals surface area contributed by atoms with Gasteiger partial charge in [0.1, 0.15) is 22.4 Å². The summed E-state index contributed by atoms with van der Waals surface area (Å²) in [5.41, 5.74) is 16.7. The third kappa shape index (κ3) is 15.1. The molecule has 5 heterocycles.